The summed E-state index contributed by atoms with van der Waals surface area (Å²) in [5, 5.41) is 19.2. The number of nitrogens with zero attached hydrogens (tertiary/aromatic N) is 2. The Morgan fingerprint density at radius 3 is 2.88 bits per heavy atom. The van der Waals surface area contributed by atoms with Gasteiger partial charge in [0.15, 0.2) is 5.75 Å². The molecule has 17 heavy (non-hydrogen) atoms. The van der Waals surface area contributed by atoms with Gasteiger partial charge in [0.25, 0.3) is 0 Å². The first-order chi connectivity index (χ1) is 8.08. The van der Waals surface area contributed by atoms with Crippen molar-refractivity contribution in [3.8, 4) is 17.6 Å². The fraction of sp³-hybridized carbons (Fsp3) is 0.300. The van der Waals surface area contributed by atoms with Crippen molar-refractivity contribution in [1.82, 2.24) is 0 Å². The van der Waals surface area contributed by atoms with E-state index in [1.807, 2.05) is 0 Å². The van der Waals surface area contributed by atoms with Gasteiger partial charge in [-0.2, -0.15) is 5.26 Å². The van der Waals surface area contributed by atoms with E-state index in [9.17, 15) is 10.1 Å². The molecule has 0 aromatic heterocycles. The van der Waals surface area contributed by atoms with Crippen LogP contribution < -0.4 is 15.2 Å². The number of hydrogen-bond acceptors (Lipinski definition) is 6. The van der Waals surface area contributed by atoms with Crippen molar-refractivity contribution in [3.05, 3.63) is 28.3 Å². The van der Waals surface area contributed by atoms with Crippen molar-refractivity contribution < 1.29 is 14.4 Å². The molecular weight excluding hydrogens is 226 g/mol. The van der Waals surface area contributed by atoms with E-state index in [1.165, 1.54) is 25.3 Å². The quantitative estimate of drug-likeness (QED) is 0.599. The van der Waals surface area contributed by atoms with Crippen LogP contribution in [-0.2, 0) is 0 Å². The summed E-state index contributed by atoms with van der Waals surface area (Å²) in [5.41, 5.74) is 5.10. The highest BCUT2D eigenvalue weighted by Gasteiger charge is 2.17. The van der Waals surface area contributed by atoms with Crippen LogP contribution in [0.15, 0.2) is 18.2 Å². The summed E-state index contributed by atoms with van der Waals surface area (Å²) >= 11 is 0. The van der Waals surface area contributed by atoms with Crippen molar-refractivity contribution in [2.75, 3.05) is 13.7 Å². The van der Waals surface area contributed by atoms with Gasteiger partial charge in [-0.05, 0) is 12.1 Å². The fourth-order valence-corrected chi connectivity index (χ4v) is 1.11. The Bertz CT molecular complexity index is 455. The Labute approximate surface area is 97.5 Å². The van der Waals surface area contributed by atoms with E-state index in [0.717, 1.165) is 0 Å². The number of methoxy groups -OCH3 is 1. The molecule has 90 valence electrons. The van der Waals surface area contributed by atoms with Gasteiger partial charge in [-0.3, -0.25) is 10.1 Å². The number of hydrogen-bond donors (Lipinski definition) is 1. The normalized spacial score (nSPS) is 11.4. The van der Waals surface area contributed by atoms with Crippen molar-refractivity contribution in [2.24, 2.45) is 5.73 Å². The maximum absolute atomic E-state index is 10.8. The van der Waals surface area contributed by atoms with E-state index < -0.39 is 11.0 Å². The molecule has 0 saturated carbocycles. The maximum Gasteiger partial charge on any atom is 0.314 e. The number of nitriles is 1. The molecule has 0 amide bonds. The minimum Gasteiger partial charge on any atom is -0.496 e. The number of rotatable bonds is 5. The van der Waals surface area contributed by atoms with Gasteiger partial charge in [0.05, 0.1) is 24.2 Å². The molecule has 0 bridgehead atoms. The van der Waals surface area contributed by atoms with Crippen molar-refractivity contribution in [3.63, 3.8) is 0 Å². The predicted molar refractivity (Wildman–Crippen MR) is 58.7 cm³/mol. The van der Waals surface area contributed by atoms with E-state index in [1.54, 1.807) is 6.07 Å². The first-order valence-electron chi connectivity index (χ1n) is 4.69. The number of benzene rings is 1. The Kier molecular flexibility index (Phi) is 4.25. The van der Waals surface area contributed by atoms with Crippen LogP contribution in [0.2, 0.25) is 0 Å². The summed E-state index contributed by atoms with van der Waals surface area (Å²) in [5.74, 6) is 0.412. The molecule has 0 aliphatic heterocycles. The average molecular weight is 237 g/mol. The van der Waals surface area contributed by atoms with Gasteiger partial charge in [-0.25, -0.2) is 0 Å². The lowest BCUT2D eigenvalue weighted by Crippen LogP contribution is -2.25. The van der Waals surface area contributed by atoms with E-state index >= 15 is 0 Å². The van der Waals surface area contributed by atoms with Gasteiger partial charge in [-0.15, -0.1) is 0 Å². The van der Waals surface area contributed by atoms with Gasteiger partial charge in [0, 0.05) is 0 Å². The first kappa shape index (κ1) is 12.7. The summed E-state index contributed by atoms with van der Waals surface area (Å²) in [6.45, 7) is -0.107. The molecule has 0 radical (unpaired) electrons. The highest BCUT2D eigenvalue weighted by molar-refractivity contribution is 5.50. The minimum absolute atomic E-state index is 0.0569. The second-order valence-electron chi connectivity index (χ2n) is 3.14. The van der Waals surface area contributed by atoms with Crippen molar-refractivity contribution >= 4 is 5.69 Å². The third kappa shape index (κ3) is 3.32. The molecule has 1 unspecified atom stereocenters. The van der Waals surface area contributed by atoms with Crippen molar-refractivity contribution in [2.45, 2.75) is 6.04 Å². The third-order valence-electron chi connectivity index (χ3n) is 1.95. The van der Waals surface area contributed by atoms with Crippen LogP contribution in [0.4, 0.5) is 5.69 Å². The van der Waals surface area contributed by atoms with Gasteiger partial charge < -0.3 is 15.2 Å². The first-order valence-corrected chi connectivity index (χ1v) is 4.69. The molecule has 1 aromatic rings. The van der Waals surface area contributed by atoms with Crippen molar-refractivity contribution in [1.29, 1.82) is 5.26 Å². The highest BCUT2D eigenvalue weighted by atomic mass is 16.6. The van der Waals surface area contributed by atoms with Gasteiger partial charge in [0.1, 0.15) is 18.4 Å². The van der Waals surface area contributed by atoms with Crippen LogP contribution in [0.25, 0.3) is 0 Å². The maximum atomic E-state index is 10.8. The second-order valence-corrected chi connectivity index (χ2v) is 3.14. The molecule has 0 saturated heterocycles. The monoisotopic (exact) mass is 237 g/mol. The zero-order valence-electron chi connectivity index (χ0n) is 9.12. The lowest BCUT2D eigenvalue weighted by atomic mass is 10.2. The minimum atomic E-state index is -0.822. The van der Waals surface area contributed by atoms with Gasteiger partial charge >= 0.3 is 5.69 Å². The van der Waals surface area contributed by atoms with E-state index in [2.05, 4.69) is 0 Å². The van der Waals surface area contributed by atoms with Crippen LogP contribution in [-0.4, -0.2) is 24.7 Å². The van der Waals surface area contributed by atoms with Crippen LogP contribution in [0.5, 0.6) is 11.5 Å². The van der Waals surface area contributed by atoms with Gasteiger partial charge in [-0.1, -0.05) is 0 Å². The molecule has 7 nitrogen and oxygen atoms in total. The Balaban J connectivity index is 2.91. The zero-order valence-corrected chi connectivity index (χ0v) is 9.12. The number of nitrogens with two attached hydrogens (primary N) is 1. The molecule has 1 atom stereocenters. The van der Waals surface area contributed by atoms with Crippen LogP contribution >= 0.6 is 0 Å². The Morgan fingerprint density at radius 1 is 1.65 bits per heavy atom. The molecule has 1 rings (SSSR count). The Hall–Kier alpha value is -2.33. The SMILES string of the molecule is COc1ccc(OCC(N)C#N)c([N+](=O)[O-])c1. The summed E-state index contributed by atoms with van der Waals surface area (Å²) in [4.78, 5) is 10.2. The van der Waals surface area contributed by atoms with Crippen LogP contribution in [0.1, 0.15) is 0 Å². The molecule has 0 aliphatic carbocycles. The lowest BCUT2D eigenvalue weighted by Gasteiger charge is -2.08. The zero-order chi connectivity index (χ0) is 12.8. The van der Waals surface area contributed by atoms with Crippen LogP contribution in [0.3, 0.4) is 0 Å². The smallest absolute Gasteiger partial charge is 0.314 e. The van der Waals surface area contributed by atoms with Crippen LogP contribution in [0, 0.1) is 21.4 Å². The molecule has 0 heterocycles. The molecule has 1 aromatic carbocycles. The summed E-state index contributed by atoms with van der Waals surface area (Å²) in [6, 6.07) is 5.12. The molecular formula is C10H11N3O4. The van der Waals surface area contributed by atoms with Gasteiger partial charge in [0.2, 0.25) is 0 Å². The molecule has 2 N–H and O–H groups in total. The second kappa shape index (κ2) is 5.67. The van der Waals surface area contributed by atoms with E-state index in [-0.39, 0.29) is 18.0 Å². The number of ether oxygens (including phenoxy) is 2. The summed E-state index contributed by atoms with van der Waals surface area (Å²) in [7, 11) is 1.41. The Morgan fingerprint density at radius 2 is 2.35 bits per heavy atom. The molecule has 0 spiro atoms. The molecule has 7 heteroatoms. The third-order valence-corrected chi connectivity index (χ3v) is 1.95. The highest BCUT2D eigenvalue weighted by Crippen LogP contribution is 2.30. The number of nitro groups is 1. The average Bonchev–Trinajstić information content (AvgIpc) is 2.35. The summed E-state index contributed by atoms with van der Waals surface area (Å²) < 4.78 is 9.98. The van der Waals surface area contributed by atoms with E-state index in [4.69, 9.17) is 20.5 Å². The lowest BCUT2D eigenvalue weighted by molar-refractivity contribution is -0.385. The molecule has 0 fully saturated rings. The topological polar surface area (TPSA) is 111 Å². The standard InChI is InChI=1S/C10H11N3O4/c1-16-8-2-3-10(9(4-8)13(14)15)17-6-7(12)5-11/h2-4,7H,6,12H2,1H3. The predicted octanol–water partition coefficient (Wildman–Crippen LogP) is 0.833. The largest absolute Gasteiger partial charge is 0.496 e. The number of nitro benzene ring substituents is 1. The van der Waals surface area contributed by atoms with E-state index in [0.29, 0.717) is 5.75 Å². The fourth-order valence-electron chi connectivity index (χ4n) is 1.11. The molecule has 0 aliphatic rings. The summed E-state index contributed by atoms with van der Waals surface area (Å²) in [6.07, 6.45) is 0.